The minimum atomic E-state index is -1.08. The van der Waals surface area contributed by atoms with Gasteiger partial charge in [0.1, 0.15) is 5.69 Å². The highest BCUT2D eigenvalue weighted by atomic mass is 16.5. The van der Waals surface area contributed by atoms with Gasteiger partial charge in [-0.3, -0.25) is 4.57 Å². The molecule has 1 heterocycles. The second-order valence-corrected chi connectivity index (χ2v) is 9.26. The van der Waals surface area contributed by atoms with E-state index in [0.29, 0.717) is 33.3 Å². The number of carboxylic acids is 1. The second-order valence-electron chi connectivity index (χ2n) is 9.26. The number of esters is 1. The van der Waals surface area contributed by atoms with Gasteiger partial charge in [0, 0.05) is 16.6 Å². The third-order valence-electron chi connectivity index (χ3n) is 6.78. The van der Waals surface area contributed by atoms with E-state index < -0.39 is 11.9 Å². The molecule has 0 saturated heterocycles. The number of ether oxygens (including phenoxy) is 1. The molecule has 0 saturated carbocycles. The highest BCUT2D eigenvalue weighted by Crippen LogP contribution is 2.44. The van der Waals surface area contributed by atoms with Crippen molar-refractivity contribution < 1.29 is 29.6 Å². The summed E-state index contributed by atoms with van der Waals surface area (Å²) in [7, 11) is 1.30. The van der Waals surface area contributed by atoms with Gasteiger partial charge in [-0.15, -0.1) is 10.2 Å². The predicted octanol–water partition coefficient (Wildman–Crippen LogP) is 7.23. The molecule has 9 nitrogen and oxygen atoms in total. The zero-order valence-electron chi connectivity index (χ0n) is 21.9. The number of methoxy groups -OCH3 is 1. The minimum Gasteiger partial charge on any atom is -0.505 e. The molecule has 200 valence electrons. The number of para-hydroxylation sites is 1. The van der Waals surface area contributed by atoms with Crippen LogP contribution >= 0.6 is 0 Å². The summed E-state index contributed by atoms with van der Waals surface area (Å²) in [6.45, 7) is 3.95. The summed E-state index contributed by atoms with van der Waals surface area (Å²) in [4.78, 5) is 23.7. The van der Waals surface area contributed by atoms with Crippen molar-refractivity contribution in [3.63, 3.8) is 0 Å². The highest BCUT2D eigenvalue weighted by molar-refractivity contribution is 6.01. The number of carbonyl (C=O) groups is 2. The number of aromatic hydroxyl groups is 2. The molecule has 3 N–H and O–H groups in total. The van der Waals surface area contributed by atoms with Crippen LogP contribution in [0.15, 0.2) is 89.1 Å². The van der Waals surface area contributed by atoms with Gasteiger partial charge in [0.2, 0.25) is 5.88 Å². The molecule has 9 heteroatoms. The maximum atomic E-state index is 12.3. The maximum Gasteiger partial charge on any atom is 0.337 e. The van der Waals surface area contributed by atoms with Crippen LogP contribution in [0.1, 0.15) is 31.8 Å². The Labute approximate surface area is 229 Å². The summed E-state index contributed by atoms with van der Waals surface area (Å²) in [6, 6.07) is 21.6. The maximum absolute atomic E-state index is 12.3. The largest absolute Gasteiger partial charge is 0.505 e. The number of rotatable bonds is 6. The van der Waals surface area contributed by atoms with Crippen molar-refractivity contribution in [1.29, 1.82) is 0 Å². The summed E-state index contributed by atoms with van der Waals surface area (Å²) in [5, 5.41) is 40.7. The Kier molecular flexibility index (Phi) is 6.79. The first kappa shape index (κ1) is 26.2. The van der Waals surface area contributed by atoms with E-state index >= 15 is 0 Å². The normalized spacial score (nSPS) is 11.3. The summed E-state index contributed by atoms with van der Waals surface area (Å²) in [5.41, 5.74) is 4.80. The van der Waals surface area contributed by atoms with E-state index in [1.807, 2.05) is 32.0 Å². The van der Waals surface area contributed by atoms with Gasteiger partial charge in [0.15, 0.2) is 11.4 Å². The number of azo groups is 1. The van der Waals surface area contributed by atoms with Crippen molar-refractivity contribution in [3.8, 4) is 28.4 Å². The van der Waals surface area contributed by atoms with Crippen LogP contribution in [0.4, 0.5) is 11.4 Å². The fourth-order valence-corrected chi connectivity index (χ4v) is 4.50. The monoisotopic (exact) mass is 535 g/mol. The van der Waals surface area contributed by atoms with E-state index in [0.717, 1.165) is 11.1 Å². The van der Waals surface area contributed by atoms with Crippen molar-refractivity contribution in [3.05, 3.63) is 101 Å². The zero-order valence-corrected chi connectivity index (χ0v) is 21.9. The molecule has 0 amide bonds. The van der Waals surface area contributed by atoms with Gasteiger partial charge in [0.05, 0.1) is 23.8 Å². The molecule has 0 unspecified atom stereocenters. The van der Waals surface area contributed by atoms with Crippen molar-refractivity contribution >= 4 is 34.2 Å². The summed E-state index contributed by atoms with van der Waals surface area (Å²) < 4.78 is 6.46. The number of phenols is 1. The molecule has 1 aromatic heterocycles. The first-order chi connectivity index (χ1) is 19.2. The number of benzene rings is 4. The third-order valence-corrected chi connectivity index (χ3v) is 6.78. The van der Waals surface area contributed by atoms with E-state index in [4.69, 9.17) is 4.74 Å². The quantitative estimate of drug-likeness (QED) is 0.155. The molecule has 0 spiro atoms. The highest BCUT2D eigenvalue weighted by Gasteiger charge is 2.21. The van der Waals surface area contributed by atoms with E-state index in [2.05, 4.69) is 10.2 Å². The topological polar surface area (TPSA) is 134 Å². The molecule has 5 aromatic rings. The summed E-state index contributed by atoms with van der Waals surface area (Å²) >= 11 is 0. The van der Waals surface area contributed by atoms with Crippen LogP contribution in [0.25, 0.3) is 27.7 Å². The van der Waals surface area contributed by atoms with Crippen LogP contribution in [-0.4, -0.2) is 38.9 Å². The molecule has 0 radical (unpaired) electrons. The summed E-state index contributed by atoms with van der Waals surface area (Å²) in [5.74, 6) is -2.00. The Morgan fingerprint density at radius 2 is 1.60 bits per heavy atom. The standard InChI is InChI=1S/C31H25N3O6/c1-17-10-12-22(14-18(17)2)34-26-16-21(31(39)40-3)11-13-24(26)27(29(34)36)33-32-25-9-5-8-23(28(25)35)19-6-4-7-20(15-19)30(37)38/h4-16,35-36H,1-3H3,(H,37,38). The van der Waals surface area contributed by atoms with Gasteiger partial charge in [-0.25, -0.2) is 9.59 Å². The third kappa shape index (κ3) is 4.64. The summed E-state index contributed by atoms with van der Waals surface area (Å²) in [6.07, 6.45) is 0. The second kappa shape index (κ2) is 10.4. The molecule has 0 aliphatic rings. The van der Waals surface area contributed by atoms with E-state index in [1.54, 1.807) is 53.1 Å². The van der Waals surface area contributed by atoms with Crippen LogP contribution < -0.4 is 0 Å². The van der Waals surface area contributed by atoms with E-state index in [1.165, 1.54) is 19.2 Å². The molecule has 4 aromatic carbocycles. The SMILES string of the molecule is COC(=O)c1ccc2c(N=Nc3cccc(-c4cccc(C(=O)O)c4)c3O)c(O)n(-c3ccc(C)c(C)c3)c2c1. The van der Waals surface area contributed by atoms with Crippen molar-refractivity contribution in [1.82, 2.24) is 4.57 Å². The predicted molar refractivity (Wildman–Crippen MR) is 150 cm³/mol. The number of phenolic OH excluding ortho intramolecular Hbond substituents is 1. The van der Waals surface area contributed by atoms with Crippen LogP contribution in [0.5, 0.6) is 11.6 Å². The Balaban J connectivity index is 1.65. The van der Waals surface area contributed by atoms with Gasteiger partial charge in [-0.2, -0.15) is 0 Å². The van der Waals surface area contributed by atoms with Crippen LogP contribution in [0.3, 0.4) is 0 Å². The van der Waals surface area contributed by atoms with Crippen molar-refractivity contribution in [2.24, 2.45) is 10.2 Å². The first-order valence-electron chi connectivity index (χ1n) is 12.3. The molecular formula is C31H25N3O6. The number of nitrogens with zero attached hydrogens (tertiary/aromatic N) is 3. The average molecular weight is 536 g/mol. The number of aryl methyl sites for hydroxylation is 2. The minimum absolute atomic E-state index is 0.0827. The van der Waals surface area contributed by atoms with Crippen LogP contribution in [-0.2, 0) is 4.74 Å². The molecule has 0 atom stereocenters. The van der Waals surface area contributed by atoms with Gasteiger partial charge >= 0.3 is 11.9 Å². The lowest BCUT2D eigenvalue weighted by atomic mass is 10.0. The van der Waals surface area contributed by atoms with Crippen molar-refractivity contribution in [2.45, 2.75) is 13.8 Å². The molecule has 0 bridgehead atoms. The lowest BCUT2D eigenvalue weighted by Gasteiger charge is -2.10. The van der Waals surface area contributed by atoms with Gasteiger partial charge in [0.25, 0.3) is 0 Å². The van der Waals surface area contributed by atoms with Crippen molar-refractivity contribution in [2.75, 3.05) is 7.11 Å². The number of hydrogen-bond donors (Lipinski definition) is 3. The van der Waals surface area contributed by atoms with Gasteiger partial charge in [-0.05, 0) is 79.1 Å². The van der Waals surface area contributed by atoms with Gasteiger partial charge < -0.3 is 20.1 Å². The number of hydrogen-bond acceptors (Lipinski definition) is 7. The van der Waals surface area contributed by atoms with E-state index in [9.17, 15) is 24.9 Å². The molecule has 0 fully saturated rings. The Morgan fingerprint density at radius 3 is 2.33 bits per heavy atom. The molecule has 5 rings (SSSR count). The lowest BCUT2D eigenvalue weighted by molar-refractivity contribution is 0.0600. The van der Waals surface area contributed by atoms with Crippen LogP contribution in [0.2, 0.25) is 0 Å². The van der Waals surface area contributed by atoms with Gasteiger partial charge in [-0.1, -0.05) is 30.3 Å². The smallest absolute Gasteiger partial charge is 0.337 e. The number of aromatic nitrogens is 1. The van der Waals surface area contributed by atoms with Crippen LogP contribution in [0, 0.1) is 13.8 Å². The average Bonchev–Trinajstić information content (AvgIpc) is 3.23. The number of fused-ring (bicyclic) bond motifs is 1. The lowest BCUT2D eigenvalue weighted by Crippen LogP contribution is -2.01. The fourth-order valence-electron chi connectivity index (χ4n) is 4.50. The molecule has 0 aliphatic carbocycles. The molecular weight excluding hydrogens is 510 g/mol. The Hall–Kier alpha value is -5.44. The Morgan fingerprint density at radius 1 is 0.825 bits per heavy atom. The molecule has 0 aliphatic heterocycles. The first-order valence-corrected chi connectivity index (χ1v) is 12.3. The Bertz CT molecular complexity index is 1840. The number of carboxylic acid groups (broad SMARTS) is 1. The molecule has 40 heavy (non-hydrogen) atoms. The number of aromatic carboxylic acids is 1. The van der Waals surface area contributed by atoms with E-state index in [-0.39, 0.29) is 28.6 Å². The zero-order chi connectivity index (χ0) is 28.6. The number of carbonyl (C=O) groups excluding carboxylic acids is 1. The fraction of sp³-hybridized carbons (Fsp3) is 0.0968.